The van der Waals surface area contributed by atoms with Crippen molar-refractivity contribution in [2.45, 2.75) is 58.4 Å². The number of rotatable bonds is 9. The zero-order chi connectivity index (χ0) is 13.2. The molecule has 0 amide bonds. The van der Waals surface area contributed by atoms with Gasteiger partial charge in [-0.1, -0.05) is 33.1 Å². The maximum atomic E-state index is 5.91. The van der Waals surface area contributed by atoms with Crippen molar-refractivity contribution in [3.05, 3.63) is 0 Å². The summed E-state index contributed by atoms with van der Waals surface area (Å²) in [5, 5.41) is 0. The van der Waals surface area contributed by atoms with E-state index in [0.29, 0.717) is 0 Å². The third kappa shape index (κ3) is 6.96. The van der Waals surface area contributed by atoms with Crippen molar-refractivity contribution < 1.29 is 4.74 Å². The van der Waals surface area contributed by atoms with Crippen LogP contribution in [0.2, 0.25) is 0 Å². The highest BCUT2D eigenvalue weighted by molar-refractivity contribution is 6.18. The Morgan fingerprint density at radius 2 is 1.83 bits per heavy atom. The lowest BCUT2D eigenvalue weighted by Gasteiger charge is -2.33. The standard InChI is InChI=1S/C15H30ClNO/c1-14(2)8-12-18-13-11-17(10-9-16)15-6-4-3-5-7-15/h14-15H,3-13H2,1-2H3. The minimum atomic E-state index is 0.738. The van der Waals surface area contributed by atoms with Crippen LogP contribution in [0.5, 0.6) is 0 Å². The fourth-order valence-electron chi connectivity index (χ4n) is 2.63. The summed E-state index contributed by atoms with van der Waals surface area (Å²) in [5.41, 5.74) is 0. The van der Waals surface area contributed by atoms with Gasteiger partial charge in [-0.05, 0) is 25.2 Å². The first-order valence-electron chi connectivity index (χ1n) is 7.61. The molecule has 1 saturated carbocycles. The predicted octanol–water partition coefficient (Wildman–Crippen LogP) is 3.92. The largest absolute Gasteiger partial charge is 0.380 e. The van der Waals surface area contributed by atoms with Gasteiger partial charge >= 0.3 is 0 Å². The van der Waals surface area contributed by atoms with Gasteiger partial charge in [0.1, 0.15) is 0 Å². The molecule has 0 aromatic heterocycles. The average molecular weight is 276 g/mol. The van der Waals surface area contributed by atoms with Gasteiger partial charge in [0.05, 0.1) is 6.61 Å². The van der Waals surface area contributed by atoms with Gasteiger partial charge in [0.15, 0.2) is 0 Å². The maximum absolute atomic E-state index is 5.91. The topological polar surface area (TPSA) is 12.5 Å². The molecule has 1 rings (SSSR count). The Kier molecular flexibility index (Phi) is 9.08. The summed E-state index contributed by atoms with van der Waals surface area (Å²) in [6.45, 7) is 8.31. The molecule has 0 N–H and O–H groups in total. The number of nitrogens with zero attached hydrogens (tertiary/aromatic N) is 1. The number of hydrogen-bond acceptors (Lipinski definition) is 2. The van der Waals surface area contributed by atoms with Crippen molar-refractivity contribution in [1.82, 2.24) is 4.90 Å². The highest BCUT2D eigenvalue weighted by atomic mass is 35.5. The van der Waals surface area contributed by atoms with E-state index >= 15 is 0 Å². The van der Waals surface area contributed by atoms with Crippen LogP contribution in [0.4, 0.5) is 0 Å². The van der Waals surface area contributed by atoms with Gasteiger partial charge in [0, 0.05) is 31.6 Å². The van der Waals surface area contributed by atoms with Gasteiger partial charge < -0.3 is 4.74 Å². The molecule has 0 heterocycles. The normalized spacial score (nSPS) is 17.8. The van der Waals surface area contributed by atoms with Crippen LogP contribution in [-0.4, -0.2) is 43.1 Å². The molecule has 18 heavy (non-hydrogen) atoms. The van der Waals surface area contributed by atoms with Crippen LogP contribution in [0.1, 0.15) is 52.4 Å². The van der Waals surface area contributed by atoms with Gasteiger partial charge in [-0.25, -0.2) is 0 Å². The first kappa shape index (κ1) is 16.3. The van der Waals surface area contributed by atoms with Gasteiger partial charge in [0.25, 0.3) is 0 Å². The van der Waals surface area contributed by atoms with E-state index in [-0.39, 0.29) is 0 Å². The predicted molar refractivity (Wildman–Crippen MR) is 79.4 cm³/mol. The minimum Gasteiger partial charge on any atom is -0.380 e. The molecule has 0 spiro atoms. The van der Waals surface area contributed by atoms with Gasteiger partial charge in [-0.2, -0.15) is 0 Å². The van der Waals surface area contributed by atoms with Crippen molar-refractivity contribution >= 4 is 11.6 Å². The first-order chi connectivity index (χ1) is 8.74. The zero-order valence-electron chi connectivity index (χ0n) is 12.2. The molecule has 1 aliphatic carbocycles. The quantitative estimate of drug-likeness (QED) is 0.467. The van der Waals surface area contributed by atoms with Crippen LogP contribution in [0, 0.1) is 5.92 Å². The maximum Gasteiger partial charge on any atom is 0.0593 e. The molecule has 1 fully saturated rings. The molecule has 0 aromatic carbocycles. The van der Waals surface area contributed by atoms with E-state index in [9.17, 15) is 0 Å². The smallest absolute Gasteiger partial charge is 0.0593 e. The molecule has 1 aliphatic rings. The van der Waals surface area contributed by atoms with E-state index in [2.05, 4.69) is 18.7 Å². The molecular weight excluding hydrogens is 246 g/mol. The first-order valence-corrected chi connectivity index (χ1v) is 8.15. The van der Waals surface area contributed by atoms with E-state index in [4.69, 9.17) is 16.3 Å². The summed E-state index contributed by atoms with van der Waals surface area (Å²) in [5.74, 6) is 1.48. The Labute approximate surface area is 118 Å². The molecule has 0 unspecified atom stereocenters. The van der Waals surface area contributed by atoms with Crippen molar-refractivity contribution in [3.8, 4) is 0 Å². The third-order valence-electron chi connectivity index (χ3n) is 3.83. The van der Waals surface area contributed by atoms with Gasteiger partial charge in [-0.3, -0.25) is 4.90 Å². The summed E-state index contributed by atoms with van der Waals surface area (Å²) >= 11 is 5.91. The third-order valence-corrected chi connectivity index (χ3v) is 3.99. The Morgan fingerprint density at radius 1 is 1.11 bits per heavy atom. The Morgan fingerprint density at radius 3 is 2.44 bits per heavy atom. The Balaban J connectivity index is 2.16. The van der Waals surface area contributed by atoms with Crippen molar-refractivity contribution in [1.29, 1.82) is 0 Å². The molecule has 0 aromatic rings. The van der Waals surface area contributed by atoms with Crippen molar-refractivity contribution in [2.75, 3.05) is 32.2 Å². The fraction of sp³-hybridized carbons (Fsp3) is 1.00. The summed E-state index contributed by atoms with van der Waals surface area (Å²) in [6, 6.07) is 0.756. The molecule has 0 bridgehead atoms. The van der Waals surface area contributed by atoms with E-state index in [1.165, 1.54) is 38.5 Å². The van der Waals surface area contributed by atoms with Gasteiger partial charge in [0.2, 0.25) is 0 Å². The van der Waals surface area contributed by atoms with Crippen LogP contribution < -0.4 is 0 Å². The number of ether oxygens (including phenoxy) is 1. The number of alkyl halides is 1. The molecule has 0 radical (unpaired) electrons. The van der Waals surface area contributed by atoms with E-state index in [1.54, 1.807) is 0 Å². The lowest BCUT2D eigenvalue weighted by Crippen LogP contribution is -2.40. The number of halogens is 1. The van der Waals surface area contributed by atoms with Crippen LogP contribution in [-0.2, 0) is 4.74 Å². The lowest BCUT2D eigenvalue weighted by molar-refractivity contribution is 0.0745. The molecule has 108 valence electrons. The second-order valence-corrected chi connectivity index (χ2v) is 6.19. The molecule has 3 heteroatoms. The SMILES string of the molecule is CC(C)CCOCCN(CCCl)C1CCCCC1. The molecule has 0 aliphatic heterocycles. The van der Waals surface area contributed by atoms with E-state index < -0.39 is 0 Å². The lowest BCUT2D eigenvalue weighted by atomic mass is 9.94. The summed E-state index contributed by atoms with van der Waals surface area (Å²) in [4.78, 5) is 2.54. The zero-order valence-corrected chi connectivity index (χ0v) is 12.9. The van der Waals surface area contributed by atoms with E-state index in [1.807, 2.05) is 0 Å². The Bertz CT molecular complexity index is 193. The van der Waals surface area contributed by atoms with Crippen LogP contribution in [0.3, 0.4) is 0 Å². The van der Waals surface area contributed by atoms with Crippen molar-refractivity contribution in [2.24, 2.45) is 5.92 Å². The van der Waals surface area contributed by atoms with E-state index in [0.717, 1.165) is 44.1 Å². The van der Waals surface area contributed by atoms with Crippen LogP contribution >= 0.6 is 11.6 Å². The Hall–Kier alpha value is 0.210. The average Bonchev–Trinajstić information content (AvgIpc) is 2.38. The monoisotopic (exact) mass is 275 g/mol. The molecule has 0 atom stereocenters. The second kappa shape index (κ2) is 10.1. The van der Waals surface area contributed by atoms with Crippen LogP contribution in [0.25, 0.3) is 0 Å². The second-order valence-electron chi connectivity index (χ2n) is 5.81. The fourth-order valence-corrected chi connectivity index (χ4v) is 2.85. The highest BCUT2D eigenvalue weighted by Crippen LogP contribution is 2.22. The molecule has 0 saturated heterocycles. The summed E-state index contributed by atoms with van der Waals surface area (Å²) < 4.78 is 5.73. The minimum absolute atomic E-state index is 0.738. The molecule has 2 nitrogen and oxygen atoms in total. The summed E-state index contributed by atoms with van der Waals surface area (Å²) in [7, 11) is 0. The number of hydrogen-bond donors (Lipinski definition) is 0. The van der Waals surface area contributed by atoms with Crippen LogP contribution in [0.15, 0.2) is 0 Å². The van der Waals surface area contributed by atoms with Crippen molar-refractivity contribution in [3.63, 3.8) is 0 Å². The highest BCUT2D eigenvalue weighted by Gasteiger charge is 2.20. The van der Waals surface area contributed by atoms with Gasteiger partial charge in [-0.15, -0.1) is 11.6 Å². The molecular formula is C15H30ClNO. The summed E-state index contributed by atoms with van der Waals surface area (Å²) in [6.07, 6.45) is 8.05.